The number of hydrogen-bond acceptors (Lipinski definition) is 0. The first kappa shape index (κ1) is 10.9. The Morgan fingerprint density at radius 2 is 1.73 bits per heavy atom. The molecule has 0 saturated carbocycles. The van der Waals surface area contributed by atoms with E-state index in [0.29, 0.717) is 15.0 Å². The molecule has 2 aromatic rings. The second-order valence-electron chi connectivity index (χ2n) is 3.35. The zero-order valence-electron chi connectivity index (χ0n) is 8.41. The fourth-order valence-corrected chi connectivity index (χ4v) is 3.98. The predicted molar refractivity (Wildman–Crippen MR) is 70.3 cm³/mol. The molecule has 0 atom stereocenters. The van der Waals surface area contributed by atoms with Gasteiger partial charge in [-0.15, -0.1) is 0 Å². The van der Waals surface area contributed by atoms with Gasteiger partial charge in [-0.3, -0.25) is 0 Å². The van der Waals surface area contributed by atoms with Crippen molar-refractivity contribution in [3.8, 4) is 0 Å². The third kappa shape index (κ3) is 2.94. The minimum absolute atomic E-state index is 0.395. The summed E-state index contributed by atoms with van der Waals surface area (Å²) in [4.78, 5) is 0. The first-order chi connectivity index (χ1) is 7.25. The maximum atomic E-state index is 3.60. The van der Waals surface area contributed by atoms with E-state index in [1.807, 2.05) is 0 Å². The SMILES string of the molecule is Cc1ccc(Br)c([Se]c2ccccc2)c1. The van der Waals surface area contributed by atoms with Crippen LogP contribution in [0.3, 0.4) is 0 Å². The summed E-state index contributed by atoms with van der Waals surface area (Å²) >= 11 is 4.00. The summed E-state index contributed by atoms with van der Waals surface area (Å²) in [6.45, 7) is 2.14. The molecule has 0 aromatic heterocycles. The van der Waals surface area contributed by atoms with E-state index in [4.69, 9.17) is 0 Å². The van der Waals surface area contributed by atoms with Crippen molar-refractivity contribution in [1.29, 1.82) is 0 Å². The van der Waals surface area contributed by atoms with Crippen molar-refractivity contribution >= 4 is 39.8 Å². The molecule has 0 aliphatic rings. The average Bonchev–Trinajstić information content (AvgIpc) is 2.25. The Hall–Kier alpha value is -0.561. The van der Waals surface area contributed by atoms with Crippen LogP contribution in [0, 0.1) is 6.92 Å². The van der Waals surface area contributed by atoms with E-state index in [0.717, 1.165) is 0 Å². The summed E-state index contributed by atoms with van der Waals surface area (Å²) in [6.07, 6.45) is 0. The van der Waals surface area contributed by atoms with E-state index in [1.165, 1.54) is 19.0 Å². The van der Waals surface area contributed by atoms with Crippen molar-refractivity contribution in [2.24, 2.45) is 0 Å². The molecule has 0 aliphatic heterocycles. The average molecular weight is 326 g/mol. The van der Waals surface area contributed by atoms with E-state index in [2.05, 4.69) is 71.4 Å². The van der Waals surface area contributed by atoms with Crippen LogP contribution in [-0.4, -0.2) is 15.0 Å². The monoisotopic (exact) mass is 326 g/mol. The van der Waals surface area contributed by atoms with E-state index >= 15 is 0 Å². The molecular weight excluding hydrogens is 315 g/mol. The van der Waals surface area contributed by atoms with Crippen LogP contribution in [0.25, 0.3) is 0 Å². The molecule has 15 heavy (non-hydrogen) atoms. The molecule has 0 radical (unpaired) electrons. The number of hydrogen-bond donors (Lipinski definition) is 0. The van der Waals surface area contributed by atoms with Crippen molar-refractivity contribution in [2.45, 2.75) is 6.92 Å². The van der Waals surface area contributed by atoms with Crippen LogP contribution in [0.4, 0.5) is 0 Å². The van der Waals surface area contributed by atoms with Crippen LogP contribution >= 0.6 is 15.9 Å². The Labute approximate surface area is 105 Å². The van der Waals surface area contributed by atoms with Gasteiger partial charge in [-0.2, -0.15) is 0 Å². The molecule has 2 rings (SSSR count). The second-order valence-corrected chi connectivity index (χ2v) is 6.54. The van der Waals surface area contributed by atoms with Gasteiger partial charge in [0.2, 0.25) is 0 Å². The van der Waals surface area contributed by atoms with Crippen molar-refractivity contribution in [3.63, 3.8) is 0 Å². The van der Waals surface area contributed by atoms with Crippen molar-refractivity contribution in [3.05, 3.63) is 58.6 Å². The van der Waals surface area contributed by atoms with Crippen molar-refractivity contribution in [1.82, 2.24) is 0 Å². The van der Waals surface area contributed by atoms with Gasteiger partial charge in [0.15, 0.2) is 0 Å². The number of benzene rings is 2. The molecule has 2 aromatic carbocycles. The van der Waals surface area contributed by atoms with Gasteiger partial charge >= 0.3 is 105 Å². The molecule has 0 nitrogen and oxygen atoms in total. The van der Waals surface area contributed by atoms with E-state index in [9.17, 15) is 0 Å². The van der Waals surface area contributed by atoms with Gasteiger partial charge in [0, 0.05) is 0 Å². The van der Waals surface area contributed by atoms with Crippen molar-refractivity contribution in [2.75, 3.05) is 0 Å². The molecule has 0 N–H and O–H groups in total. The maximum absolute atomic E-state index is 3.60. The van der Waals surface area contributed by atoms with Gasteiger partial charge in [-0.1, -0.05) is 0 Å². The number of aryl methyl sites for hydroxylation is 1. The first-order valence-corrected chi connectivity index (χ1v) is 7.25. The van der Waals surface area contributed by atoms with Crippen LogP contribution in [0.1, 0.15) is 5.56 Å². The molecule has 0 saturated heterocycles. The molecule has 0 unspecified atom stereocenters. The Morgan fingerprint density at radius 1 is 1.00 bits per heavy atom. The van der Waals surface area contributed by atoms with E-state index in [-0.39, 0.29) is 0 Å². The molecule has 0 spiro atoms. The summed E-state index contributed by atoms with van der Waals surface area (Å²) in [5, 5.41) is 0. The Bertz CT molecular complexity index is 451. The van der Waals surface area contributed by atoms with E-state index < -0.39 is 0 Å². The van der Waals surface area contributed by atoms with Crippen LogP contribution in [0.15, 0.2) is 53.0 Å². The molecular formula is C13H11BrSe. The van der Waals surface area contributed by atoms with Gasteiger partial charge in [0.25, 0.3) is 0 Å². The quantitative estimate of drug-likeness (QED) is 0.744. The number of halogens is 1. The van der Waals surface area contributed by atoms with Gasteiger partial charge < -0.3 is 0 Å². The van der Waals surface area contributed by atoms with Crippen LogP contribution in [-0.2, 0) is 0 Å². The van der Waals surface area contributed by atoms with Gasteiger partial charge in [-0.05, 0) is 0 Å². The first-order valence-electron chi connectivity index (χ1n) is 4.75. The third-order valence-corrected chi connectivity index (χ3v) is 5.58. The zero-order valence-corrected chi connectivity index (χ0v) is 11.7. The van der Waals surface area contributed by atoms with Crippen molar-refractivity contribution < 1.29 is 0 Å². The van der Waals surface area contributed by atoms with Crippen LogP contribution < -0.4 is 8.92 Å². The summed E-state index contributed by atoms with van der Waals surface area (Å²) in [6, 6.07) is 17.2. The van der Waals surface area contributed by atoms with Gasteiger partial charge in [-0.25, -0.2) is 0 Å². The predicted octanol–water partition coefficient (Wildman–Crippen LogP) is 2.41. The number of rotatable bonds is 2. The molecule has 0 bridgehead atoms. The minimum atomic E-state index is 0.395. The topological polar surface area (TPSA) is 0 Å². The molecule has 0 heterocycles. The molecule has 0 fully saturated rings. The Kier molecular flexibility index (Phi) is 3.63. The molecule has 2 heteroatoms. The molecule has 0 aliphatic carbocycles. The summed E-state index contributed by atoms with van der Waals surface area (Å²) in [7, 11) is 0. The van der Waals surface area contributed by atoms with Crippen LogP contribution in [0.2, 0.25) is 0 Å². The van der Waals surface area contributed by atoms with Gasteiger partial charge in [0.05, 0.1) is 0 Å². The summed E-state index contributed by atoms with van der Waals surface area (Å²) < 4.78 is 4.04. The van der Waals surface area contributed by atoms with Gasteiger partial charge in [0.1, 0.15) is 0 Å². The third-order valence-electron chi connectivity index (χ3n) is 2.06. The Morgan fingerprint density at radius 3 is 2.47 bits per heavy atom. The second kappa shape index (κ2) is 4.98. The fraction of sp³-hybridized carbons (Fsp3) is 0.0769. The summed E-state index contributed by atoms with van der Waals surface area (Å²) in [5.74, 6) is 0. The molecule has 76 valence electrons. The zero-order chi connectivity index (χ0) is 10.7. The molecule has 0 amide bonds. The van der Waals surface area contributed by atoms with E-state index in [1.54, 1.807) is 0 Å². The normalized spacial score (nSPS) is 10.3. The fourth-order valence-electron chi connectivity index (χ4n) is 1.30. The summed E-state index contributed by atoms with van der Waals surface area (Å²) in [5.41, 5.74) is 1.33. The van der Waals surface area contributed by atoms with Crippen LogP contribution in [0.5, 0.6) is 0 Å². The Balaban J connectivity index is 2.28. The standard InChI is InChI=1S/C13H11BrSe/c1-10-7-8-12(14)13(9-10)15-11-5-3-2-4-6-11/h2-9H,1H3.